The fraction of sp³-hybridized carbons (Fsp3) is 0.105. The summed E-state index contributed by atoms with van der Waals surface area (Å²) >= 11 is 12.1. The third-order valence-electron chi connectivity index (χ3n) is 3.82. The highest BCUT2D eigenvalue weighted by Crippen LogP contribution is 2.28. The van der Waals surface area contributed by atoms with Crippen molar-refractivity contribution in [2.75, 3.05) is 0 Å². The molecule has 0 bridgehead atoms. The van der Waals surface area contributed by atoms with Crippen molar-refractivity contribution in [1.29, 1.82) is 0 Å². The fourth-order valence-corrected chi connectivity index (χ4v) is 2.94. The summed E-state index contributed by atoms with van der Waals surface area (Å²) in [5, 5.41) is 0.912. The molecule has 0 saturated carbocycles. The van der Waals surface area contributed by atoms with Gasteiger partial charge < -0.3 is 4.57 Å². The first-order valence-electron chi connectivity index (χ1n) is 7.19. The van der Waals surface area contributed by atoms with Crippen molar-refractivity contribution in [3.8, 4) is 22.3 Å². The average Bonchev–Trinajstić information content (AvgIpc) is 2.53. The van der Waals surface area contributed by atoms with Crippen LogP contribution in [0, 0.1) is 6.92 Å². The van der Waals surface area contributed by atoms with Gasteiger partial charge in [-0.15, -0.1) is 0 Å². The van der Waals surface area contributed by atoms with E-state index in [1.165, 1.54) is 0 Å². The van der Waals surface area contributed by atoms with Gasteiger partial charge in [0, 0.05) is 30.6 Å². The molecule has 1 heterocycles. The zero-order chi connectivity index (χ0) is 16.6. The number of aromatic nitrogens is 1. The average molecular weight is 344 g/mol. The first kappa shape index (κ1) is 15.9. The van der Waals surface area contributed by atoms with Crippen LogP contribution in [0.5, 0.6) is 0 Å². The van der Waals surface area contributed by atoms with Gasteiger partial charge in [-0.2, -0.15) is 0 Å². The lowest BCUT2D eigenvalue weighted by atomic mass is 9.98. The topological polar surface area (TPSA) is 22.0 Å². The van der Waals surface area contributed by atoms with E-state index in [1.807, 2.05) is 61.3 Å². The molecule has 0 aliphatic rings. The molecule has 3 aromatic rings. The quantitative estimate of drug-likeness (QED) is 0.615. The van der Waals surface area contributed by atoms with Crippen LogP contribution in [0.25, 0.3) is 22.3 Å². The van der Waals surface area contributed by atoms with Gasteiger partial charge in [0.15, 0.2) is 5.43 Å². The van der Waals surface area contributed by atoms with E-state index < -0.39 is 0 Å². The van der Waals surface area contributed by atoms with Crippen LogP contribution in [0.2, 0.25) is 10.0 Å². The lowest BCUT2D eigenvalue weighted by molar-refractivity contribution is 0.904. The molecule has 2 aromatic carbocycles. The molecule has 0 N–H and O–H groups in total. The van der Waals surface area contributed by atoms with E-state index in [2.05, 4.69) is 0 Å². The molecular formula is C19H15Cl2NO. The van der Waals surface area contributed by atoms with E-state index in [-0.39, 0.29) is 5.43 Å². The smallest absolute Gasteiger partial charge is 0.197 e. The predicted octanol–water partition coefficient (Wildman–Crippen LogP) is 5.33. The largest absolute Gasteiger partial charge is 0.356 e. The lowest BCUT2D eigenvalue weighted by Crippen LogP contribution is -2.12. The minimum absolute atomic E-state index is 0.0178. The molecule has 0 unspecified atom stereocenters. The molecule has 0 radical (unpaired) electrons. The Hall–Kier alpha value is -2.03. The summed E-state index contributed by atoms with van der Waals surface area (Å²) in [6.07, 6.45) is 3.66. The van der Waals surface area contributed by atoms with E-state index in [9.17, 15) is 4.79 Å². The van der Waals surface area contributed by atoms with Crippen molar-refractivity contribution in [2.45, 2.75) is 6.92 Å². The maximum absolute atomic E-state index is 13.0. The van der Waals surface area contributed by atoms with Gasteiger partial charge in [0.2, 0.25) is 0 Å². The van der Waals surface area contributed by atoms with Crippen molar-refractivity contribution in [2.24, 2.45) is 7.05 Å². The van der Waals surface area contributed by atoms with Crippen LogP contribution in [0.3, 0.4) is 0 Å². The van der Waals surface area contributed by atoms with E-state index in [1.54, 1.807) is 12.1 Å². The molecule has 0 spiro atoms. The number of aryl methyl sites for hydroxylation is 2. The summed E-state index contributed by atoms with van der Waals surface area (Å²) in [4.78, 5) is 13.0. The Kier molecular flexibility index (Phi) is 4.29. The zero-order valence-electron chi connectivity index (χ0n) is 12.8. The van der Waals surface area contributed by atoms with Crippen LogP contribution >= 0.6 is 23.2 Å². The minimum Gasteiger partial charge on any atom is -0.356 e. The van der Waals surface area contributed by atoms with Crippen molar-refractivity contribution in [3.05, 3.63) is 80.7 Å². The zero-order valence-corrected chi connectivity index (χ0v) is 14.3. The SMILES string of the molecule is Cc1ccccc1-c1cn(C)cc(-c2ccc(Cl)c(Cl)c2)c1=O. The molecule has 0 aliphatic carbocycles. The number of hydrogen-bond donors (Lipinski definition) is 0. The molecule has 0 fully saturated rings. The highest BCUT2D eigenvalue weighted by Gasteiger charge is 2.13. The predicted molar refractivity (Wildman–Crippen MR) is 97.3 cm³/mol. The summed E-state index contributed by atoms with van der Waals surface area (Å²) in [5.41, 5.74) is 4.03. The Morgan fingerprint density at radius 3 is 2.26 bits per heavy atom. The minimum atomic E-state index is -0.0178. The highest BCUT2D eigenvalue weighted by atomic mass is 35.5. The lowest BCUT2D eigenvalue weighted by Gasteiger charge is -2.11. The molecule has 0 saturated heterocycles. The number of hydrogen-bond acceptors (Lipinski definition) is 1. The fourth-order valence-electron chi connectivity index (χ4n) is 2.64. The number of halogens is 2. The molecule has 4 heteroatoms. The summed E-state index contributed by atoms with van der Waals surface area (Å²) in [7, 11) is 1.90. The van der Waals surface area contributed by atoms with Crippen LogP contribution in [0.15, 0.2) is 59.7 Å². The van der Waals surface area contributed by atoms with E-state index in [0.717, 1.165) is 16.7 Å². The second kappa shape index (κ2) is 6.23. The number of rotatable bonds is 2. The Morgan fingerprint density at radius 2 is 1.57 bits per heavy atom. The van der Waals surface area contributed by atoms with E-state index in [0.29, 0.717) is 21.2 Å². The second-order valence-electron chi connectivity index (χ2n) is 5.52. The Labute approximate surface area is 144 Å². The van der Waals surface area contributed by atoms with Gasteiger partial charge in [-0.1, -0.05) is 53.5 Å². The molecule has 0 aliphatic heterocycles. The Bertz CT molecular complexity index is 944. The number of pyridine rings is 1. The van der Waals surface area contributed by atoms with Crippen LogP contribution in [0.1, 0.15) is 5.56 Å². The van der Waals surface area contributed by atoms with E-state index >= 15 is 0 Å². The van der Waals surface area contributed by atoms with Gasteiger partial charge in [-0.3, -0.25) is 4.79 Å². The van der Waals surface area contributed by atoms with Crippen LogP contribution in [-0.4, -0.2) is 4.57 Å². The second-order valence-corrected chi connectivity index (χ2v) is 6.34. The first-order chi connectivity index (χ1) is 11.0. The normalized spacial score (nSPS) is 10.8. The maximum Gasteiger partial charge on any atom is 0.197 e. The van der Waals surface area contributed by atoms with Crippen molar-refractivity contribution in [1.82, 2.24) is 4.57 Å². The van der Waals surface area contributed by atoms with Crippen LogP contribution in [-0.2, 0) is 7.05 Å². The van der Waals surface area contributed by atoms with E-state index in [4.69, 9.17) is 23.2 Å². The van der Waals surface area contributed by atoms with Crippen molar-refractivity contribution in [3.63, 3.8) is 0 Å². The van der Waals surface area contributed by atoms with Crippen molar-refractivity contribution < 1.29 is 0 Å². The maximum atomic E-state index is 13.0. The first-order valence-corrected chi connectivity index (χ1v) is 7.94. The Morgan fingerprint density at radius 1 is 0.870 bits per heavy atom. The van der Waals surface area contributed by atoms with Crippen molar-refractivity contribution >= 4 is 23.2 Å². The highest BCUT2D eigenvalue weighted by molar-refractivity contribution is 6.42. The molecule has 3 rings (SSSR count). The van der Waals surface area contributed by atoms with Gasteiger partial charge in [0.1, 0.15) is 0 Å². The van der Waals surface area contributed by atoms with Crippen LogP contribution in [0.4, 0.5) is 0 Å². The molecule has 116 valence electrons. The summed E-state index contributed by atoms with van der Waals surface area (Å²) in [6, 6.07) is 13.1. The monoisotopic (exact) mass is 343 g/mol. The molecule has 0 atom stereocenters. The van der Waals surface area contributed by atoms with Gasteiger partial charge in [-0.05, 0) is 35.7 Å². The summed E-state index contributed by atoms with van der Waals surface area (Å²) in [6.45, 7) is 2.00. The standard InChI is InChI=1S/C19H15Cl2NO/c1-12-5-3-4-6-14(12)16-11-22(2)10-15(19(16)23)13-7-8-17(20)18(21)9-13/h3-11H,1-2H3. The van der Waals surface area contributed by atoms with Gasteiger partial charge in [0.25, 0.3) is 0 Å². The Balaban J connectivity index is 2.26. The number of benzene rings is 2. The van der Waals surface area contributed by atoms with Crippen LogP contribution < -0.4 is 5.43 Å². The number of nitrogens with zero attached hydrogens (tertiary/aromatic N) is 1. The molecular weight excluding hydrogens is 329 g/mol. The molecule has 2 nitrogen and oxygen atoms in total. The molecule has 0 amide bonds. The summed E-state index contributed by atoms with van der Waals surface area (Å²) < 4.78 is 1.89. The summed E-state index contributed by atoms with van der Waals surface area (Å²) in [5.74, 6) is 0. The molecule has 23 heavy (non-hydrogen) atoms. The van der Waals surface area contributed by atoms with Gasteiger partial charge >= 0.3 is 0 Å². The third-order valence-corrected chi connectivity index (χ3v) is 4.56. The third kappa shape index (κ3) is 3.05. The van der Waals surface area contributed by atoms with Gasteiger partial charge in [-0.25, -0.2) is 0 Å². The molecule has 1 aromatic heterocycles. The van der Waals surface area contributed by atoms with Gasteiger partial charge in [0.05, 0.1) is 10.0 Å².